The zero-order chi connectivity index (χ0) is 8.57. The molecule has 0 atom stereocenters. The molecule has 0 heterocycles. The molecule has 0 radical (unpaired) electrons. The molecule has 0 fully saturated rings. The van der Waals surface area contributed by atoms with Gasteiger partial charge in [-0.2, -0.15) is 0 Å². The highest BCUT2D eigenvalue weighted by molar-refractivity contribution is 5.17. The normalized spacial score (nSPS) is 8.40. The molecule has 0 aromatic heterocycles. The van der Waals surface area contributed by atoms with Gasteiger partial charge in [-0.25, -0.2) is 0 Å². The number of hydrogen-bond acceptors (Lipinski definition) is 0. The van der Waals surface area contributed by atoms with E-state index in [2.05, 4.69) is 18.9 Å². The lowest BCUT2D eigenvalue weighted by Crippen LogP contribution is -2.45. The zero-order valence-electron chi connectivity index (χ0n) is 7.28. The van der Waals surface area contributed by atoms with Gasteiger partial charge in [0.15, 0.2) is 0 Å². The van der Waals surface area contributed by atoms with E-state index < -0.39 is 0 Å². The maximum Gasteiger partial charge on any atom is 0.120 e. The minimum absolute atomic E-state index is 0.813. The van der Waals surface area contributed by atoms with Gasteiger partial charge in [0, 0.05) is 0 Å². The molecule has 0 aliphatic carbocycles. The van der Waals surface area contributed by atoms with Crippen LogP contribution in [-0.2, 0) is 0 Å². The van der Waals surface area contributed by atoms with Crippen molar-refractivity contribution in [1.29, 1.82) is 0 Å². The standard InChI is InChI=1S/C7H11N.C2H6/c1-6(2)4-5-7(3)8;1-2/h4-5H,1,3,8H2,2H3;1-2H3/p+1/b5-4-;. The molecule has 0 amide bonds. The van der Waals surface area contributed by atoms with E-state index in [4.69, 9.17) is 0 Å². The third-order valence-corrected chi connectivity index (χ3v) is 0.604. The first-order valence-corrected chi connectivity index (χ1v) is 3.47. The summed E-state index contributed by atoms with van der Waals surface area (Å²) in [4.78, 5) is 0. The lowest BCUT2D eigenvalue weighted by atomic mass is 10.3. The van der Waals surface area contributed by atoms with Crippen LogP contribution >= 0.6 is 0 Å². The van der Waals surface area contributed by atoms with Gasteiger partial charge in [0.05, 0.1) is 0 Å². The van der Waals surface area contributed by atoms with Crippen molar-refractivity contribution in [3.05, 3.63) is 36.6 Å². The number of rotatable bonds is 2. The van der Waals surface area contributed by atoms with Crippen molar-refractivity contribution in [1.82, 2.24) is 0 Å². The van der Waals surface area contributed by atoms with Crippen LogP contribution in [0.1, 0.15) is 20.8 Å². The first kappa shape index (κ1) is 11.9. The summed E-state index contributed by atoms with van der Waals surface area (Å²) in [5, 5.41) is 0. The molecule has 0 saturated carbocycles. The molecule has 0 aliphatic heterocycles. The van der Waals surface area contributed by atoms with Crippen molar-refractivity contribution in [2.24, 2.45) is 0 Å². The Kier molecular flexibility index (Phi) is 9.75. The van der Waals surface area contributed by atoms with Crippen molar-refractivity contribution < 1.29 is 5.73 Å². The molecule has 58 valence electrons. The van der Waals surface area contributed by atoms with Crippen LogP contribution in [0.3, 0.4) is 0 Å². The molecule has 0 aliphatic rings. The summed E-state index contributed by atoms with van der Waals surface area (Å²) in [6.45, 7) is 13.2. The first-order valence-electron chi connectivity index (χ1n) is 3.47. The minimum atomic E-state index is 0.813. The monoisotopic (exact) mass is 140 g/mol. The number of allylic oxidation sites excluding steroid dienone is 3. The summed E-state index contributed by atoms with van der Waals surface area (Å²) in [6, 6.07) is 0. The fourth-order valence-electron chi connectivity index (χ4n) is 0.260. The quantitative estimate of drug-likeness (QED) is 0.567. The molecule has 1 heteroatoms. The first-order chi connectivity index (χ1) is 4.63. The average Bonchev–Trinajstić information content (AvgIpc) is 1.89. The topological polar surface area (TPSA) is 27.6 Å². The van der Waals surface area contributed by atoms with Gasteiger partial charge in [0.1, 0.15) is 5.70 Å². The van der Waals surface area contributed by atoms with Crippen molar-refractivity contribution in [2.45, 2.75) is 20.8 Å². The van der Waals surface area contributed by atoms with E-state index in [1.165, 1.54) is 0 Å². The van der Waals surface area contributed by atoms with Gasteiger partial charge in [-0.05, 0) is 19.6 Å². The summed E-state index contributed by atoms with van der Waals surface area (Å²) in [5.74, 6) is 0. The highest BCUT2D eigenvalue weighted by atomic mass is 14.5. The molecule has 0 saturated heterocycles. The molecular weight excluding hydrogens is 122 g/mol. The summed E-state index contributed by atoms with van der Waals surface area (Å²) in [6.07, 6.45) is 3.72. The van der Waals surface area contributed by atoms with Crippen LogP contribution in [-0.4, -0.2) is 0 Å². The largest absolute Gasteiger partial charge is 0.326 e. The Bertz CT molecular complexity index is 116. The zero-order valence-corrected chi connectivity index (χ0v) is 7.28. The minimum Gasteiger partial charge on any atom is -0.326 e. The Labute approximate surface area is 63.9 Å². The fraction of sp³-hybridized carbons (Fsp3) is 0.333. The second-order valence-electron chi connectivity index (χ2n) is 1.84. The van der Waals surface area contributed by atoms with Gasteiger partial charge in [-0.15, -0.1) is 0 Å². The molecule has 0 spiro atoms. The van der Waals surface area contributed by atoms with Crippen LogP contribution in [0.2, 0.25) is 0 Å². The Morgan fingerprint density at radius 2 is 1.60 bits per heavy atom. The molecule has 3 N–H and O–H groups in total. The average molecular weight is 140 g/mol. The predicted octanol–water partition coefficient (Wildman–Crippen LogP) is 1.90. The Hall–Kier alpha value is -0.820. The number of hydrogen-bond donors (Lipinski definition) is 1. The summed E-state index contributed by atoms with van der Waals surface area (Å²) >= 11 is 0. The molecule has 0 aromatic rings. The van der Waals surface area contributed by atoms with Crippen LogP contribution < -0.4 is 5.73 Å². The molecule has 0 bridgehead atoms. The van der Waals surface area contributed by atoms with Crippen LogP contribution in [0.25, 0.3) is 0 Å². The van der Waals surface area contributed by atoms with Crippen molar-refractivity contribution in [3.63, 3.8) is 0 Å². The Morgan fingerprint density at radius 1 is 1.20 bits per heavy atom. The van der Waals surface area contributed by atoms with Crippen LogP contribution in [0.5, 0.6) is 0 Å². The van der Waals surface area contributed by atoms with Crippen molar-refractivity contribution >= 4 is 0 Å². The maximum absolute atomic E-state index is 3.67. The predicted molar refractivity (Wildman–Crippen MR) is 47.3 cm³/mol. The highest BCUT2D eigenvalue weighted by Crippen LogP contribution is 1.89. The van der Waals surface area contributed by atoms with Gasteiger partial charge in [0.2, 0.25) is 0 Å². The van der Waals surface area contributed by atoms with E-state index in [1.807, 2.05) is 32.9 Å². The van der Waals surface area contributed by atoms with Crippen LogP contribution in [0.4, 0.5) is 0 Å². The Balaban J connectivity index is 0. The van der Waals surface area contributed by atoms with E-state index in [0.717, 1.165) is 11.3 Å². The van der Waals surface area contributed by atoms with E-state index >= 15 is 0 Å². The van der Waals surface area contributed by atoms with E-state index in [9.17, 15) is 0 Å². The van der Waals surface area contributed by atoms with Gasteiger partial charge in [-0.3, -0.25) is 0 Å². The molecular formula is C9H18N+. The van der Waals surface area contributed by atoms with Gasteiger partial charge < -0.3 is 5.73 Å². The number of quaternary nitrogens is 1. The smallest absolute Gasteiger partial charge is 0.120 e. The third kappa shape index (κ3) is 15.7. The second-order valence-corrected chi connectivity index (χ2v) is 1.84. The molecule has 0 unspecified atom stereocenters. The van der Waals surface area contributed by atoms with E-state index in [0.29, 0.717) is 0 Å². The lowest BCUT2D eigenvalue weighted by Gasteiger charge is -1.81. The van der Waals surface area contributed by atoms with Crippen LogP contribution in [0, 0.1) is 0 Å². The molecule has 0 rings (SSSR count). The van der Waals surface area contributed by atoms with Gasteiger partial charge >= 0.3 is 0 Å². The lowest BCUT2D eigenvalue weighted by molar-refractivity contribution is -0.294. The van der Waals surface area contributed by atoms with E-state index in [1.54, 1.807) is 0 Å². The maximum atomic E-state index is 3.67. The van der Waals surface area contributed by atoms with Crippen molar-refractivity contribution in [3.8, 4) is 0 Å². The fourth-order valence-corrected chi connectivity index (χ4v) is 0.260. The van der Waals surface area contributed by atoms with Crippen LogP contribution in [0.15, 0.2) is 36.6 Å². The van der Waals surface area contributed by atoms with E-state index in [-0.39, 0.29) is 0 Å². The van der Waals surface area contributed by atoms with Gasteiger partial charge in [0.25, 0.3) is 0 Å². The Morgan fingerprint density at radius 3 is 1.70 bits per heavy atom. The highest BCUT2D eigenvalue weighted by Gasteiger charge is 1.76. The second kappa shape index (κ2) is 8.18. The van der Waals surface area contributed by atoms with Gasteiger partial charge in [-0.1, -0.05) is 32.1 Å². The molecule has 10 heavy (non-hydrogen) atoms. The summed E-state index contributed by atoms with van der Waals surface area (Å²) in [7, 11) is 0. The molecule has 1 nitrogen and oxygen atoms in total. The summed E-state index contributed by atoms with van der Waals surface area (Å²) in [5.41, 5.74) is 5.42. The third-order valence-electron chi connectivity index (χ3n) is 0.604. The SMILES string of the molecule is C=C(C)/C=C\C(=C)[NH3+].CC. The summed E-state index contributed by atoms with van der Waals surface area (Å²) < 4.78 is 0. The molecule has 0 aromatic carbocycles. The van der Waals surface area contributed by atoms with Crippen molar-refractivity contribution in [2.75, 3.05) is 0 Å².